The van der Waals surface area contributed by atoms with Gasteiger partial charge in [0.05, 0.1) is 12.7 Å². The minimum absolute atomic E-state index is 0.328. The Morgan fingerprint density at radius 3 is 2.83 bits per heavy atom. The number of aromatic nitrogens is 1. The number of aryl methyl sites for hydroxylation is 1. The maximum absolute atomic E-state index is 11.1. The fourth-order valence-electron chi connectivity index (χ4n) is 1.05. The van der Waals surface area contributed by atoms with Crippen LogP contribution in [0.5, 0.6) is 0 Å². The van der Waals surface area contributed by atoms with Gasteiger partial charge in [0.2, 0.25) is 0 Å². The molecule has 0 fully saturated rings. The predicted molar refractivity (Wildman–Crippen MR) is 46.8 cm³/mol. The first kappa shape index (κ1) is 8.59. The third-order valence-corrected chi connectivity index (χ3v) is 1.61. The summed E-state index contributed by atoms with van der Waals surface area (Å²) >= 11 is 0. The Hall–Kier alpha value is -1.51. The third-order valence-electron chi connectivity index (χ3n) is 1.61. The van der Waals surface area contributed by atoms with Gasteiger partial charge < -0.3 is 9.30 Å². The molecule has 0 aliphatic carbocycles. The second kappa shape index (κ2) is 3.26. The Balaban J connectivity index is 3.12. The fourth-order valence-corrected chi connectivity index (χ4v) is 1.05. The highest BCUT2D eigenvalue weighted by molar-refractivity contribution is 5.93. The molecule has 0 saturated carbocycles. The quantitative estimate of drug-likeness (QED) is 0.621. The van der Waals surface area contributed by atoms with E-state index < -0.39 is 0 Å². The highest BCUT2D eigenvalue weighted by Gasteiger charge is 2.10. The molecule has 0 radical (unpaired) electrons. The minimum atomic E-state index is -0.328. The van der Waals surface area contributed by atoms with Gasteiger partial charge in [-0.05, 0) is 0 Å². The van der Waals surface area contributed by atoms with E-state index in [4.69, 9.17) is 0 Å². The molecule has 1 heterocycles. The SMILES string of the molecule is C=Cc1cn(C)cc1C(=O)OC. The molecule has 0 spiro atoms. The first-order chi connectivity index (χ1) is 5.69. The van der Waals surface area contributed by atoms with Crippen LogP contribution in [-0.4, -0.2) is 17.6 Å². The van der Waals surface area contributed by atoms with Crippen LogP contribution in [0.15, 0.2) is 19.0 Å². The maximum atomic E-state index is 11.1. The van der Waals surface area contributed by atoms with Gasteiger partial charge in [0, 0.05) is 25.0 Å². The molecule has 1 aromatic heterocycles. The number of hydrogen-bond acceptors (Lipinski definition) is 2. The van der Waals surface area contributed by atoms with Crippen molar-refractivity contribution in [3.8, 4) is 0 Å². The van der Waals surface area contributed by atoms with Crippen LogP contribution in [0.3, 0.4) is 0 Å². The summed E-state index contributed by atoms with van der Waals surface area (Å²) in [5.41, 5.74) is 1.35. The highest BCUT2D eigenvalue weighted by atomic mass is 16.5. The number of methoxy groups -OCH3 is 1. The molecule has 0 unspecified atom stereocenters. The molecule has 0 aliphatic heterocycles. The first-order valence-electron chi connectivity index (χ1n) is 3.55. The number of carbonyl (C=O) groups is 1. The molecule has 0 saturated heterocycles. The van der Waals surface area contributed by atoms with Crippen LogP contribution in [0.4, 0.5) is 0 Å². The average Bonchev–Trinajstić information content (AvgIpc) is 2.45. The van der Waals surface area contributed by atoms with Gasteiger partial charge >= 0.3 is 5.97 Å². The van der Waals surface area contributed by atoms with Crippen molar-refractivity contribution >= 4 is 12.0 Å². The molecule has 0 N–H and O–H groups in total. The summed E-state index contributed by atoms with van der Waals surface area (Å²) in [6.45, 7) is 3.60. The van der Waals surface area contributed by atoms with E-state index in [9.17, 15) is 4.79 Å². The van der Waals surface area contributed by atoms with Crippen LogP contribution in [0.1, 0.15) is 15.9 Å². The molecule has 1 rings (SSSR count). The molecule has 0 atom stereocenters. The molecule has 0 bridgehead atoms. The van der Waals surface area contributed by atoms with Gasteiger partial charge in [-0.3, -0.25) is 0 Å². The summed E-state index contributed by atoms with van der Waals surface area (Å²) in [7, 11) is 3.21. The molecule has 3 nitrogen and oxygen atoms in total. The van der Waals surface area contributed by atoms with Crippen LogP contribution in [0.2, 0.25) is 0 Å². The molecular weight excluding hydrogens is 154 g/mol. The van der Waals surface area contributed by atoms with Gasteiger partial charge in [0.25, 0.3) is 0 Å². The van der Waals surface area contributed by atoms with Gasteiger partial charge in [-0.25, -0.2) is 4.79 Å². The molecule has 0 amide bonds. The lowest BCUT2D eigenvalue weighted by Gasteiger charge is -1.95. The summed E-state index contributed by atoms with van der Waals surface area (Å²) in [4.78, 5) is 11.1. The molecule has 12 heavy (non-hydrogen) atoms. The second-order valence-electron chi connectivity index (χ2n) is 2.49. The van der Waals surface area contributed by atoms with Crippen molar-refractivity contribution in [3.05, 3.63) is 30.1 Å². The van der Waals surface area contributed by atoms with E-state index in [0.717, 1.165) is 5.56 Å². The smallest absolute Gasteiger partial charge is 0.340 e. The zero-order valence-electron chi connectivity index (χ0n) is 7.20. The molecule has 0 aromatic carbocycles. The minimum Gasteiger partial charge on any atom is -0.465 e. The Kier molecular flexibility index (Phi) is 2.33. The van der Waals surface area contributed by atoms with Crippen LogP contribution >= 0.6 is 0 Å². The van der Waals surface area contributed by atoms with Crippen molar-refractivity contribution in [1.29, 1.82) is 0 Å². The van der Waals surface area contributed by atoms with Crippen LogP contribution < -0.4 is 0 Å². The standard InChI is InChI=1S/C9H11NO2/c1-4-7-5-10(2)6-8(7)9(11)12-3/h4-6H,1H2,2-3H3. The number of esters is 1. The Bertz CT molecular complexity index is 312. The van der Waals surface area contributed by atoms with Gasteiger partial charge in [-0.1, -0.05) is 12.7 Å². The molecule has 0 aliphatic rings. The van der Waals surface area contributed by atoms with Gasteiger partial charge in [0.1, 0.15) is 0 Å². The van der Waals surface area contributed by atoms with Gasteiger partial charge in [0.15, 0.2) is 0 Å². The number of hydrogen-bond donors (Lipinski definition) is 0. The largest absolute Gasteiger partial charge is 0.465 e. The monoisotopic (exact) mass is 165 g/mol. The topological polar surface area (TPSA) is 31.2 Å². The maximum Gasteiger partial charge on any atom is 0.340 e. The number of carbonyl (C=O) groups excluding carboxylic acids is 1. The Labute approximate surface area is 71.3 Å². The zero-order valence-corrected chi connectivity index (χ0v) is 7.20. The second-order valence-corrected chi connectivity index (χ2v) is 2.49. The van der Waals surface area contributed by atoms with Crippen molar-refractivity contribution in [3.63, 3.8) is 0 Å². The van der Waals surface area contributed by atoms with Crippen LogP contribution in [0, 0.1) is 0 Å². The normalized spacial score (nSPS) is 9.50. The number of rotatable bonds is 2. The fraction of sp³-hybridized carbons (Fsp3) is 0.222. The number of nitrogens with zero attached hydrogens (tertiary/aromatic N) is 1. The Morgan fingerprint density at radius 1 is 1.67 bits per heavy atom. The van der Waals surface area contributed by atoms with Gasteiger partial charge in [-0.15, -0.1) is 0 Å². The van der Waals surface area contributed by atoms with E-state index in [1.165, 1.54) is 7.11 Å². The zero-order chi connectivity index (χ0) is 9.14. The van der Waals surface area contributed by atoms with Crippen molar-refractivity contribution in [2.75, 3.05) is 7.11 Å². The van der Waals surface area contributed by atoms with Crippen molar-refractivity contribution in [2.45, 2.75) is 0 Å². The van der Waals surface area contributed by atoms with Gasteiger partial charge in [-0.2, -0.15) is 0 Å². The summed E-state index contributed by atoms with van der Waals surface area (Å²) in [5, 5.41) is 0. The lowest BCUT2D eigenvalue weighted by atomic mass is 10.2. The van der Waals surface area contributed by atoms with Crippen molar-refractivity contribution in [2.24, 2.45) is 7.05 Å². The molecule has 64 valence electrons. The predicted octanol–water partition coefficient (Wildman–Crippen LogP) is 1.45. The van der Waals surface area contributed by atoms with Crippen molar-refractivity contribution in [1.82, 2.24) is 4.57 Å². The lowest BCUT2D eigenvalue weighted by molar-refractivity contribution is 0.0600. The molecule has 1 aromatic rings. The van der Waals surface area contributed by atoms with E-state index >= 15 is 0 Å². The third kappa shape index (κ3) is 1.39. The van der Waals surface area contributed by atoms with E-state index in [1.54, 1.807) is 16.8 Å². The van der Waals surface area contributed by atoms with Crippen molar-refractivity contribution < 1.29 is 9.53 Å². The molecule has 3 heteroatoms. The average molecular weight is 165 g/mol. The van der Waals surface area contributed by atoms with E-state index in [2.05, 4.69) is 11.3 Å². The molecular formula is C9H11NO2. The van der Waals surface area contributed by atoms with E-state index in [-0.39, 0.29) is 5.97 Å². The van der Waals surface area contributed by atoms with E-state index in [0.29, 0.717) is 5.56 Å². The number of ether oxygens (including phenoxy) is 1. The van der Waals surface area contributed by atoms with Crippen LogP contribution in [0.25, 0.3) is 6.08 Å². The lowest BCUT2D eigenvalue weighted by Crippen LogP contribution is -2.00. The summed E-state index contributed by atoms with van der Waals surface area (Å²) in [6, 6.07) is 0. The summed E-state index contributed by atoms with van der Waals surface area (Å²) < 4.78 is 6.39. The first-order valence-corrected chi connectivity index (χ1v) is 3.55. The van der Waals surface area contributed by atoms with Crippen LogP contribution in [-0.2, 0) is 11.8 Å². The highest BCUT2D eigenvalue weighted by Crippen LogP contribution is 2.11. The van der Waals surface area contributed by atoms with E-state index in [1.807, 2.05) is 13.2 Å². The summed E-state index contributed by atoms with van der Waals surface area (Å²) in [6.07, 6.45) is 5.16. The Morgan fingerprint density at radius 2 is 2.33 bits per heavy atom. The summed E-state index contributed by atoms with van der Waals surface area (Å²) in [5.74, 6) is -0.328.